The number of nitro groups is 1. The minimum absolute atomic E-state index is 0.158. The highest BCUT2D eigenvalue weighted by Crippen LogP contribution is 2.37. The van der Waals surface area contributed by atoms with Crippen molar-refractivity contribution in [1.29, 1.82) is 0 Å². The summed E-state index contributed by atoms with van der Waals surface area (Å²) in [7, 11) is 1.25. The minimum Gasteiger partial charge on any atom is -0.478 e. The van der Waals surface area contributed by atoms with E-state index in [1.165, 1.54) is 19.2 Å². The van der Waals surface area contributed by atoms with Crippen LogP contribution in [0.2, 0.25) is 0 Å². The van der Waals surface area contributed by atoms with Crippen molar-refractivity contribution < 1.29 is 24.4 Å². The lowest BCUT2D eigenvalue weighted by Crippen LogP contribution is -2.21. The molecular weight excluding hydrogens is 388 g/mol. The molecule has 3 aromatic rings. The molecule has 0 atom stereocenters. The Labute approximate surface area is 172 Å². The number of benzene rings is 3. The number of carbonyl (C=O) groups is 2. The lowest BCUT2D eigenvalue weighted by molar-refractivity contribution is -0.384. The number of hydrogen-bond acceptors (Lipinski definition) is 6. The van der Waals surface area contributed by atoms with Crippen molar-refractivity contribution in [1.82, 2.24) is 0 Å². The zero-order valence-corrected chi connectivity index (χ0v) is 16.0. The maximum Gasteiger partial charge on any atom is 0.339 e. The maximum atomic E-state index is 12.3. The van der Waals surface area contributed by atoms with Crippen LogP contribution in [0.1, 0.15) is 26.3 Å². The van der Waals surface area contributed by atoms with Crippen LogP contribution in [0.3, 0.4) is 0 Å². The predicted molar refractivity (Wildman–Crippen MR) is 110 cm³/mol. The van der Waals surface area contributed by atoms with E-state index in [0.717, 1.165) is 11.6 Å². The summed E-state index contributed by atoms with van der Waals surface area (Å²) >= 11 is 0. The number of nitrogens with zero attached hydrogens (tertiary/aromatic N) is 2. The van der Waals surface area contributed by atoms with Gasteiger partial charge in [0.15, 0.2) is 0 Å². The van der Waals surface area contributed by atoms with Crippen LogP contribution in [0.25, 0.3) is 0 Å². The summed E-state index contributed by atoms with van der Waals surface area (Å²) in [6, 6.07) is 19.5. The summed E-state index contributed by atoms with van der Waals surface area (Å²) in [5.41, 5.74) is 1.04. The number of para-hydroxylation sites is 1. The Morgan fingerprint density at radius 3 is 2.30 bits per heavy atom. The first-order valence-electron chi connectivity index (χ1n) is 8.93. The van der Waals surface area contributed by atoms with Crippen molar-refractivity contribution in [3.05, 3.63) is 99.6 Å². The first-order valence-corrected chi connectivity index (χ1v) is 8.93. The normalized spacial score (nSPS) is 10.3. The molecular formula is C22H18N2O6. The Hall–Kier alpha value is -4.20. The number of carboxylic acid groups (broad SMARTS) is 1. The van der Waals surface area contributed by atoms with E-state index in [1.54, 1.807) is 29.2 Å². The van der Waals surface area contributed by atoms with Gasteiger partial charge in [0.25, 0.3) is 5.69 Å². The SMILES string of the molecule is COC(=O)c1ccccc1N(Cc1ccccc1)c1ccc(C(=O)O)cc1[N+](=O)[O-]. The fraction of sp³-hybridized carbons (Fsp3) is 0.0909. The van der Waals surface area contributed by atoms with Gasteiger partial charge in [0, 0.05) is 12.6 Å². The highest BCUT2D eigenvalue weighted by Gasteiger charge is 2.26. The fourth-order valence-corrected chi connectivity index (χ4v) is 3.09. The lowest BCUT2D eigenvalue weighted by atomic mass is 10.1. The molecule has 1 N–H and O–H groups in total. The van der Waals surface area contributed by atoms with E-state index < -0.39 is 16.9 Å². The van der Waals surface area contributed by atoms with E-state index in [1.807, 2.05) is 30.3 Å². The number of ether oxygens (including phenoxy) is 1. The molecule has 0 spiro atoms. The largest absolute Gasteiger partial charge is 0.478 e. The van der Waals surface area contributed by atoms with Crippen LogP contribution in [-0.2, 0) is 11.3 Å². The summed E-state index contributed by atoms with van der Waals surface area (Å²) in [4.78, 5) is 36.3. The summed E-state index contributed by atoms with van der Waals surface area (Å²) < 4.78 is 4.86. The molecule has 0 aliphatic heterocycles. The molecule has 0 radical (unpaired) electrons. The molecule has 0 amide bonds. The number of hydrogen-bond donors (Lipinski definition) is 1. The topological polar surface area (TPSA) is 110 Å². The standard InChI is InChI=1S/C22H18N2O6/c1-30-22(27)17-9-5-6-10-18(17)23(14-15-7-3-2-4-8-15)19-12-11-16(21(25)26)13-20(19)24(28)29/h2-13H,14H2,1H3,(H,25,26). The fourth-order valence-electron chi connectivity index (χ4n) is 3.09. The zero-order valence-electron chi connectivity index (χ0n) is 16.0. The molecule has 0 saturated carbocycles. The van der Waals surface area contributed by atoms with E-state index in [-0.39, 0.29) is 29.0 Å². The molecule has 3 aromatic carbocycles. The Morgan fingerprint density at radius 1 is 1.00 bits per heavy atom. The molecule has 3 rings (SSSR count). The van der Waals surface area contributed by atoms with E-state index in [0.29, 0.717) is 5.69 Å². The molecule has 0 bridgehead atoms. The summed E-state index contributed by atoms with van der Waals surface area (Å²) in [6.07, 6.45) is 0. The van der Waals surface area contributed by atoms with Gasteiger partial charge in [-0.25, -0.2) is 9.59 Å². The molecule has 0 aromatic heterocycles. The second kappa shape index (κ2) is 8.87. The Bertz CT molecular complexity index is 1100. The first kappa shape index (κ1) is 20.5. The third-order valence-electron chi connectivity index (χ3n) is 4.49. The van der Waals surface area contributed by atoms with E-state index in [2.05, 4.69) is 0 Å². The van der Waals surface area contributed by atoms with E-state index in [9.17, 15) is 24.8 Å². The number of rotatable bonds is 7. The Balaban J connectivity index is 2.23. The zero-order chi connectivity index (χ0) is 21.7. The summed E-state index contributed by atoms with van der Waals surface area (Å²) in [5, 5.41) is 21.0. The van der Waals surface area contributed by atoms with Crippen LogP contribution in [0.15, 0.2) is 72.8 Å². The second-order valence-electron chi connectivity index (χ2n) is 6.35. The van der Waals surface area contributed by atoms with Crippen molar-refractivity contribution >= 4 is 29.0 Å². The second-order valence-corrected chi connectivity index (χ2v) is 6.35. The average molecular weight is 406 g/mol. The van der Waals surface area contributed by atoms with Crippen molar-refractivity contribution in [3.8, 4) is 0 Å². The molecule has 8 nitrogen and oxygen atoms in total. The van der Waals surface area contributed by atoms with Crippen molar-refractivity contribution in [3.63, 3.8) is 0 Å². The summed E-state index contributed by atoms with van der Waals surface area (Å²) in [5.74, 6) is -1.86. The highest BCUT2D eigenvalue weighted by atomic mass is 16.6. The van der Waals surface area contributed by atoms with Crippen LogP contribution in [0.5, 0.6) is 0 Å². The number of carbonyl (C=O) groups excluding carboxylic acids is 1. The van der Waals surface area contributed by atoms with Crippen LogP contribution in [-0.4, -0.2) is 29.1 Å². The molecule has 0 aliphatic rings. The van der Waals surface area contributed by atoms with Gasteiger partial charge in [0.2, 0.25) is 0 Å². The molecule has 0 fully saturated rings. The number of esters is 1. The van der Waals surface area contributed by atoms with E-state index in [4.69, 9.17) is 4.74 Å². The highest BCUT2D eigenvalue weighted by molar-refractivity contribution is 5.98. The summed E-state index contributed by atoms with van der Waals surface area (Å²) in [6.45, 7) is 0.210. The van der Waals surface area contributed by atoms with Crippen molar-refractivity contribution in [2.45, 2.75) is 6.54 Å². The third kappa shape index (κ3) is 4.27. The molecule has 8 heteroatoms. The number of carboxylic acids is 1. The van der Waals surface area contributed by atoms with Gasteiger partial charge in [0.1, 0.15) is 5.69 Å². The Morgan fingerprint density at radius 2 is 1.67 bits per heavy atom. The average Bonchev–Trinajstić information content (AvgIpc) is 2.77. The van der Waals surface area contributed by atoms with Crippen LogP contribution >= 0.6 is 0 Å². The quantitative estimate of drug-likeness (QED) is 0.351. The monoisotopic (exact) mass is 406 g/mol. The smallest absolute Gasteiger partial charge is 0.339 e. The first-order chi connectivity index (χ1) is 14.4. The van der Waals surface area contributed by atoms with Gasteiger partial charge in [-0.3, -0.25) is 10.1 Å². The van der Waals surface area contributed by atoms with Crippen molar-refractivity contribution in [2.24, 2.45) is 0 Å². The molecule has 0 aliphatic carbocycles. The van der Waals surface area contributed by atoms with Gasteiger partial charge < -0.3 is 14.7 Å². The number of nitro benzene ring substituents is 1. The van der Waals surface area contributed by atoms with Crippen LogP contribution in [0.4, 0.5) is 17.1 Å². The van der Waals surface area contributed by atoms with Crippen LogP contribution in [0, 0.1) is 10.1 Å². The Kier molecular flexibility index (Phi) is 6.07. The third-order valence-corrected chi connectivity index (χ3v) is 4.49. The molecule has 30 heavy (non-hydrogen) atoms. The van der Waals surface area contributed by atoms with Crippen LogP contribution < -0.4 is 4.90 Å². The molecule has 0 unspecified atom stereocenters. The van der Waals surface area contributed by atoms with Gasteiger partial charge in [0.05, 0.1) is 28.8 Å². The number of methoxy groups -OCH3 is 1. The number of aromatic carboxylic acids is 1. The van der Waals surface area contributed by atoms with Gasteiger partial charge in [-0.05, 0) is 29.8 Å². The van der Waals surface area contributed by atoms with Gasteiger partial charge in [-0.2, -0.15) is 0 Å². The molecule has 152 valence electrons. The maximum absolute atomic E-state index is 12.3. The molecule has 0 heterocycles. The van der Waals surface area contributed by atoms with Gasteiger partial charge in [-0.15, -0.1) is 0 Å². The van der Waals surface area contributed by atoms with Gasteiger partial charge in [-0.1, -0.05) is 42.5 Å². The minimum atomic E-state index is -1.27. The van der Waals surface area contributed by atoms with E-state index >= 15 is 0 Å². The van der Waals surface area contributed by atoms with Crippen molar-refractivity contribution in [2.75, 3.05) is 12.0 Å². The molecule has 0 saturated heterocycles. The predicted octanol–water partition coefficient (Wildman–Crippen LogP) is 4.42. The lowest BCUT2D eigenvalue weighted by Gasteiger charge is -2.26. The van der Waals surface area contributed by atoms with Gasteiger partial charge >= 0.3 is 11.9 Å². The number of anilines is 2.